The number of likely N-dealkylation sites (tertiary alicyclic amines) is 4. The summed E-state index contributed by atoms with van der Waals surface area (Å²) in [5.74, 6) is 3.76. The maximum atomic E-state index is 13.1. The third kappa shape index (κ3) is 16.3. The lowest BCUT2D eigenvalue weighted by Gasteiger charge is -2.40. The minimum absolute atomic E-state index is 0.0409. The average molecular weight is 1050 g/mol. The molecule has 4 fully saturated rings. The number of benzene rings is 2. The predicted octanol–water partition coefficient (Wildman–Crippen LogP) is 5.74. The van der Waals surface area contributed by atoms with Crippen LogP contribution in [-0.2, 0) is 39.1 Å². The molecule has 6 rings (SSSR count). The highest BCUT2D eigenvalue weighted by Crippen LogP contribution is 2.35. The largest absolute Gasteiger partial charge is 0.497 e. The predicted molar refractivity (Wildman–Crippen MR) is 275 cm³/mol. The van der Waals surface area contributed by atoms with Crippen molar-refractivity contribution in [3.8, 4) is 11.5 Å². The van der Waals surface area contributed by atoms with Crippen LogP contribution in [0.2, 0.25) is 0 Å². The fraction of sp³-hybridized carbons (Fsp3) is 0.731. The van der Waals surface area contributed by atoms with Gasteiger partial charge in [0, 0.05) is 66.5 Å². The minimum Gasteiger partial charge on any atom is -0.497 e. The number of methoxy groups -OCH3 is 2. The van der Waals surface area contributed by atoms with Crippen molar-refractivity contribution < 1.29 is 54.2 Å². The molecule has 0 unspecified atom stereocenters. The van der Waals surface area contributed by atoms with E-state index >= 15 is 0 Å². The second-order valence-electron chi connectivity index (χ2n) is 20.1. The molecular formula is C52H84F2N6O10S2. The molecule has 0 aromatic heterocycles. The summed E-state index contributed by atoms with van der Waals surface area (Å²) in [6.45, 7) is 14.9. The number of rotatable bonds is 22. The second kappa shape index (κ2) is 28.4. The van der Waals surface area contributed by atoms with Gasteiger partial charge in [0.2, 0.25) is 31.9 Å². The lowest BCUT2D eigenvalue weighted by molar-refractivity contribution is -0.138. The molecule has 16 nitrogen and oxygen atoms in total. The van der Waals surface area contributed by atoms with Crippen LogP contribution in [0.25, 0.3) is 0 Å². The molecule has 0 aliphatic carbocycles. The van der Waals surface area contributed by atoms with E-state index in [1.165, 1.54) is 22.7 Å². The van der Waals surface area contributed by atoms with Crippen LogP contribution in [0.3, 0.4) is 0 Å². The summed E-state index contributed by atoms with van der Waals surface area (Å²) >= 11 is 0. The quantitative estimate of drug-likeness (QED) is 0.132. The third-order valence-corrected chi connectivity index (χ3v) is 19.7. The topological polar surface area (TPSA) is 159 Å². The first-order valence-corrected chi connectivity index (χ1v) is 28.7. The van der Waals surface area contributed by atoms with Gasteiger partial charge in [-0.15, -0.1) is 0 Å². The molecule has 2 aromatic rings. The maximum absolute atomic E-state index is 13.1. The van der Waals surface area contributed by atoms with Crippen LogP contribution in [0.4, 0.5) is 8.78 Å². The number of amides is 2. The Balaban J connectivity index is 0.000000267. The molecule has 0 radical (unpaired) electrons. The van der Waals surface area contributed by atoms with Gasteiger partial charge in [-0.3, -0.25) is 9.59 Å². The van der Waals surface area contributed by atoms with Gasteiger partial charge >= 0.3 is 0 Å². The SMILES string of the molecule is COc1cc(C)c(S(=O)(=O)N(C)CCOCC(=O)N2CCC(C3CCN(CCF)CC3)CC2)c(C)c1.COc1cc(C)c(S(=O)(=O)N(C)CCOCC(=O)N2CCC(C3CCN(CC[18F])CC3)CC2)c(C)c1. The van der Waals surface area contributed by atoms with Crippen molar-refractivity contribution >= 4 is 31.9 Å². The third-order valence-electron chi connectivity index (χ3n) is 15.4. The van der Waals surface area contributed by atoms with Crippen LogP contribution in [0, 0.1) is 51.4 Å². The Labute approximate surface area is 429 Å². The second-order valence-corrected chi connectivity index (χ2v) is 24.1. The molecule has 0 atom stereocenters. The number of sulfonamides is 2. The summed E-state index contributed by atoms with van der Waals surface area (Å²) < 4.78 is 102. The van der Waals surface area contributed by atoms with Crippen molar-refractivity contribution in [3.63, 3.8) is 0 Å². The Morgan fingerprint density at radius 1 is 0.528 bits per heavy atom. The maximum Gasteiger partial charge on any atom is 0.248 e. The van der Waals surface area contributed by atoms with Crippen molar-refractivity contribution in [2.45, 2.75) is 88.9 Å². The van der Waals surface area contributed by atoms with Crippen molar-refractivity contribution in [3.05, 3.63) is 46.5 Å². The fourth-order valence-electron chi connectivity index (χ4n) is 11.1. The van der Waals surface area contributed by atoms with Crippen molar-refractivity contribution in [2.75, 3.05) is 147 Å². The van der Waals surface area contributed by atoms with Crippen molar-refractivity contribution in [1.82, 2.24) is 28.2 Å². The summed E-state index contributed by atoms with van der Waals surface area (Å²) in [5, 5.41) is 0. The number of halogens is 2. The number of carbonyl (C=O) groups excluding carboxylic acids is 2. The van der Waals surface area contributed by atoms with Gasteiger partial charge in [0.05, 0.1) is 37.2 Å². The van der Waals surface area contributed by atoms with Gasteiger partial charge in [-0.25, -0.2) is 25.6 Å². The summed E-state index contributed by atoms with van der Waals surface area (Å²) in [5.41, 5.74) is 2.51. The summed E-state index contributed by atoms with van der Waals surface area (Å²) in [6.07, 6.45) is 8.48. The van der Waals surface area contributed by atoms with Crippen molar-refractivity contribution in [2.24, 2.45) is 23.7 Å². The molecule has 0 saturated carbocycles. The molecule has 2 amide bonds. The van der Waals surface area contributed by atoms with Gasteiger partial charge in [0.15, 0.2) is 0 Å². The van der Waals surface area contributed by atoms with Gasteiger partial charge in [0.25, 0.3) is 0 Å². The number of hydrogen-bond donors (Lipinski definition) is 0. The van der Waals surface area contributed by atoms with E-state index in [-0.39, 0.29) is 74.5 Å². The smallest absolute Gasteiger partial charge is 0.248 e. The highest BCUT2D eigenvalue weighted by molar-refractivity contribution is 7.89. The number of alkyl halides is 2. The van der Waals surface area contributed by atoms with Crippen molar-refractivity contribution in [1.29, 1.82) is 0 Å². The molecule has 408 valence electrons. The summed E-state index contributed by atoms with van der Waals surface area (Å²) in [4.78, 5) is 33.9. The molecule has 4 saturated heterocycles. The number of ether oxygens (including phenoxy) is 4. The number of aryl methyl sites for hydroxylation is 4. The Bertz CT molecular complexity index is 2060. The highest BCUT2D eigenvalue weighted by Gasteiger charge is 2.33. The molecular weight excluding hydrogens is 970 g/mol. The number of carbonyl (C=O) groups is 2. The first kappa shape index (κ1) is 59.4. The Kier molecular flexibility index (Phi) is 23.4. The van der Waals surface area contributed by atoms with Gasteiger partial charge in [-0.2, -0.15) is 8.61 Å². The van der Waals surface area contributed by atoms with E-state index in [0.29, 0.717) is 70.5 Å². The van der Waals surface area contributed by atoms with E-state index in [1.54, 1.807) is 66.2 Å². The molecule has 4 heterocycles. The Morgan fingerprint density at radius 2 is 0.806 bits per heavy atom. The standard InChI is InChI=1S/2C26H42FN3O5S/c2*1-20-17-24(34-4)18-21(2)26(20)36(32,33)28(3)15-16-35-19-25(31)30-12-7-23(8-13-30)22-5-10-29(11-6-22)14-9-27/h2*17-18,22-23H,5-16,19H2,1-4H3/i27-1;. The van der Waals surface area contributed by atoms with Gasteiger partial charge in [-0.05, 0) is 175 Å². The highest BCUT2D eigenvalue weighted by atomic mass is 32.2. The number of likely N-dealkylation sites (N-methyl/N-ethyl adjacent to an activating group) is 2. The fourth-order valence-corrected chi connectivity index (χ4v) is 14.2. The van der Waals surface area contributed by atoms with Crippen LogP contribution < -0.4 is 9.47 Å². The summed E-state index contributed by atoms with van der Waals surface area (Å²) in [6, 6.07) is 6.84. The minimum atomic E-state index is -3.69. The molecule has 0 spiro atoms. The van der Waals surface area contributed by atoms with Gasteiger partial charge < -0.3 is 38.5 Å². The number of piperidine rings is 4. The molecule has 2 aromatic carbocycles. The molecule has 20 heteroatoms. The molecule has 0 N–H and O–H groups in total. The van der Waals surface area contributed by atoms with Crippen LogP contribution >= 0.6 is 0 Å². The normalized spacial score (nSPS) is 18.7. The molecule has 4 aliphatic rings. The molecule has 0 bridgehead atoms. The van der Waals surface area contributed by atoms with E-state index in [1.807, 2.05) is 9.80 Å². The van der Waals surface area contributed by atoms with E-state index in [4.69, 9.17) is 18.9 Å². The van der Waals surface area contributed by atoms with Gasteiger partial charge in [0.1, 0.15) is 38.1 Å². The van der Waals surface area contributed by atoms with E-state index in [9.17, 15) is 35.2 Å². The zero-order valence-corrected chi connectivity index (χ0v) is 46.0. The molecule has 72 heavy (non-hydrogen) atoms. The lowest BCUT2D eigenvalue weighted by Crippen LogP contribution is -2.44. The van der Waals surface area contributed by atoms with Crippen LogP contribution in [0.5, 0.6) is 11.5 Å². The molecule has 4 aliphatic heterocycles. The van der Waals surface area contributed by atoms with Gasteiger partial charge in [-0.1, -0.05) is 0 Å². The van der Waals surface area contributed by atoms with Crippen LogP contribution in [0.15, 0.2) is 34.1 Å². The Hall–Kier alpha value is -3.50. The lowest BCUT2D eigenvalue weighted by atomic mass is 9.79. The summed E-state index contributed by atoms with van der Waals surface area (Å²) in [7, 11) is -1.23. The van der Waals surface area contributed by atoms with E-state index in [0.717, 1.165) is 104 Å². The zero-order chi connectivity index (χ0) is 52.6. The van der Waals surface area contributed by atoms with E-state index in [2.05, 4.69) is 9.80 Å². The Morgan fingerprint density at radius 3 is 1.07 bits per heavy atom. The van der Waals surface area contributed by atoms with E-state index < -0.39 is 20.0 Å². The average Bonchev–Trinajstić information content (AvgIpc) is 3.36. The number of hydrogen-bond acceptors (Lipinski definition) is 12. The van der Waals surface area contributed by atoms with Crippen LogP contribution in [0.1, 0.15) is 73.6 Å². The van der Waals surface area contributed by atoms with Crippen LogP contribution in [-0.4, -0.2) is 203 Å². The monoisotopic (exact) mass is 1050 g/mol. The number of nitrogens with zero attached hydrogens (tertiary/aromatic N) is 6. The first-order chi connectivity index (χ1) is 34.3. The first-order valence-electron chi connectivity index (χ1n) is 25.8. The zero-order valence-electron chi connectivity index (χ0n) is 44.3.